The third-order valence-corrected chi connectivity index (χ3v) is 5.44. The van der Waals surface area contributed by atoms with Crippen LogP contribution in [0.15, 0.2) is 18.3 Å². The molecule has 2 fully saturated rings. The predicted octanol–water partition coefficient (Wildman–Crippen LogP) is 2.03. The van der Waals surface area contributed by atoms with E-state index in [0.717, 1.165) is 18.9 Å². The summed E-state index contributed by atoms with van der Waals surface area (Å²) in [6, 6.07) is 3.70. The van der Waals surface area contributed by atoms with E-state index in [1.807, 2.05) is 6.07 Å². The quantitative estimate of drug-likeness (QED) is 0.864. The molecule has 142 valence electrons. The van der Waals surface area contributed by atoms with Crippen molar-refractivity contribution in [3.63, 3.8) is 0 Å². The van der Waals surface area contributed by atoms with Crippen LogP contribution in [0.2, 0.25) is 0 Å². The third kappa shape index (κ3) is 3.82. The Kier molecular flexibility index (Phi) is 5.76. The Labute approximate surface area is 153 Å². The van der Waals surface area contributed by atoms with Crippen LogP contribution in [-0.2, 0) is 9.53 Å². The molecule has 1 atom stereocenters. The summed E-state index contributed by atoms with van der Waals surface area (Å²) in [6.07, 6.45) is 6.88. The lowest BCUT2D eigenvalue weighted by Gasteiger charge is -2.24. The van der Waals surface area contributed by atoms with Crippen molar-refractivity contribution in [2.45, 2.75) is 32.1 Å². The van der Waals surface area contributed by atoms with Crippen molar-refractivity contribution in [1.82, 2.24) is 9.88 Å². The molecule has 0 aliphatic carbocycles. The summed E-state index contributed by atoms with van der Waals surface area (Å²) in [6.45, 7) is 2.71. The monoisotopic (exact) mass is 361 g/mol. The maximum absolute atomic E-state index is 12.7. The number of nitrogens with zero attached hydrogens (tertiary/aromatic N) is 3. The fraction of sp³-hybridized carbons (Fsp3) is 0.632. The minimum absolute atomic E-state index is 0.109. The maximum atomic E-state index is 12.7. The average Bonchev–Trinajstić information content (AvgIpc) is 2.90. The van der Waals surface area contributed by atoms with Gasteiger partial charge >= 0.3 is 5.97 Å². The van der Waals surface area contributed by atoms with Gasteiger partial charge in [-0.25, -0.2) is 4.98 Å². The van der Waals surface area contributed by atoms with Gasteiger partial charge in [-0.05, 0) is 31.4 Å². The van der Waals surface area contributed by atoms with E-state index in [1.165, 1.54) is 32.8 Å². The lowest BCUT2D eigenvalue weighted by Crippen LogP contribution is -2.40. The molecule has 2 aliphatic rings. The van der Waals surface area contributed by atoms with E-state index in [1.54, 1.807) is 17.2 Å². The molecule has 2 aliphatic heterocycles. The normalized spacial score (nSPS) is 23.7. The number of carboxylic acids is 1. The number of ether oxygens (including phenoxy) is 1. The average molecular weight is 361 g/mol. The van der Waals surface area contributed by atoms with Crippen LogP contribution in [0.5, 0.6) is 0 Å². The van der Waals surface area contributed by atoms with Crippen molar-refractivity contribution in [3.05, 3.63) is 23.9 Å². The van der Waals surface area contributed by atoms with Gasteiger partial charge in [0.2, 0.25) is 0 Å². The Morgan fingerprint density at radius 3 is 2.50 bits per heavy atom. The summed E-state index contributed by atoms with van der Waals surface area (Å²) in [7, 11) is 1.49. The number of aromatic nitrogens is 1. The number of carboxylic acid groups (broad SMARTS) is 1. The lowest BCUT2D eigenvalue weighted by atomic mass is 9.88. The molecular formula is C19H27N3O4. The SMILES string of the molecule is COCC1(C(=O)O)CCN(C(=O)c2ccc(N3CCCCCC3)nc2)C1. The molecule has 3 heterocycles. The number of carbonyl (C=O) groups excluding carboxylic acids is 1. The molecule has 1 aromatic heterocycles. The molecule has 26 heavy (non-hydrogen) atoms. The number of hydrogen-bond donors (Lipinski definition) is 1. The zero-order valence-corrected chi connectivity index (χ0v) is 15.3. The highest BCUT2D eigenvalue weighted by atomic mass is 16.5. The number of aliphatic carboxylic acids is 1. The van der Waals surface area contributed by atoms with Gasteiger partial charge in [0, 0.05) is 39.5 Å². The molecule has 2 saturated heterocycles. The first-order valence-corrected chi connectivity index (χ1v) is 9.28. The van der Waals surface area contributed by atoms with Crippen molar-refractivity contribution in [2.24, 2.45) is 5.41 Å². The highest BCUT2D eigenvalue weighted by Crippen LogP contribution is 2.32. The number of hydrogen-bond acceptors (Lipinski definition) is 5. The largest absolute Gasteiger partial charge is 0.481 e. The molecule has 0 bridgehead atoms. The number of carbonyl (C=O) groups is 2. The van der Waals surface area contributed by atoms with Crippen LogP contribution in [0.1, 0.15) is 42.5 Å². The zero-order chi connectivity index (χ0) is 18.6. The first-order valence-electron chi connectivity index (χ1n) is 9.28. The topological polar surface area (TPSA) is 83.0 Å². The van der Waals surface area contributed by atoms with Crippen LogP contribution in [0.25, 0.3) is 0 Å². The van der Waals surface area contributed by atoms with E-state index in [9.17, 15) is 14.7 Å². The Balaban J connectivity index is 1.67. The first kappa shape index (κ1) is 18.6. The van der Waals surface area contributed by atoms with Crippen LogP contribution in [0, 0.1) is 5.41 Å². The summed E-state index contributed by atoms with van der Waals surface area (Å²) in [5.74, 6) is -0.174. The molecular weight excluding hydrogens is 334 g/mol. The maximum Gasteiger partial charge on any atom is 0.313 e. The number of amides is 1. The summed E-state index contributed by atoms with van der Waals surface area (Å²) in [5, 5.41) is 9.53. The van der Waals surface area contributed by atoms with E-state index >= 15 is 0 Å². The van der Waals surface area contributed by atoms with Crippen molar-refractivity contribution in [2.75, 3.05) is 44.8 Å². The van der Waals surface area contributed by atoms with E-state index in [2.05, 4.69) is 9.88 Å². The molecule has 0 radical (unpaired) electrons. The van der Waals surface area contributed by atoms with Gasteiger partial charge in [-0.3, -0.25) is 9.59 Å². The highest BCUT2D eigenvalue weighted by molar-refractivity contribution is 5.95. The van der Waals surface area contributed by atoms with Crippen LogP contribution in [-0.4, -0.2) is 66.8 Å². The molecule has 7 nitrogen and oxygen atoms in total. The van der Waals surface area contributed by atoms with Gasteiger partial charge in [-0.1, -0.05) is 12.8 Å². The Bertz CT molecular complexity index is 641. The lowest BCUT2D eigenvalue weighted by molar-refractivity contribution is -0.151. The van der Waals surface area contributed by atoms with Gasteiger partial charge < -0.3 is 19.6 Å². The molecule has 0 spiro atoms. The smallest absolute Gasteiger partial charge is 0.313 e. The van der Waals surface area contributed by atoms with Crippen LogP contribution in [0.4, 0.5) is 5.82 Å². The third-order valence-electron chi connectivity index (χ3n) is 5.44. The minimum Gasteiger partial charge on any atom is -0.481 e. The number of anilines is 1. The Morgan fingerprint density at radius 2 is 1.92 bits per heavy atom. The van der Waals surface area contributed by atoms with Gasteiger partial charge in [0.15, 0.2) is 0 Å². The van der Waals surface area contributed by atoms with E-state index in [0.29, 0.717) is 18.5 Å². The number of rotatable bonds is 5. The second-order valence-electron chi connectivity index (χ2n) is 7.30. The van der Waals surface area contributed by atoms with Gasteiger partial charge in [0.25, 0.3) is 5.91 Å². The minimum atomic E-state index is -1.01. The van der Waals surface area contributed by atoms with E-state index < -0.39 is 11.4 Å². The molecule has 3 rings (SSSR count). The number of likely N-dealkylation sites (tertiary alicyclic amines) is 1. The van der Waals surface area contributed by atoms with Gasteiger partial charge in [0.1, 0.15) is 11.2 Å². The van der Waals surface area contributed by atoms with Crippen molar-refractivity contribution in [3.8, 4) is 0 Å². The van der Waals surface area contributed by atoms with Crippen LogP contribution >= 0.6 is 0 Å². The summed E-state index contributed by atoms with van der Waals surface area (Å²) in [4.78, 5) is 32.7. The second kappa shape index (κ2) is 8.03. The Morgan fingerprint density at radius 1 is 1.19 bits per heavy atom. The van der Waals surface area contributed by atoms with Crippen molar-refractivity contribution < 1.29 is 19.4 Å². The fourth-order valence-electron chi connectivity index (χ4n) is 3.86. The predicted molar refractivity (Wildman–Crippen MR) is 97.4 cm³/mol. The van der Waals surface area contributed by atoms with Crippen LogP contribution in [0.3, 0.4) is 0 Å². The molecule has 1 unspecified atom stereocenters. The van der Waals surface area contributed by atoms with Crippen molar-refractivity contribution in [1.29, 1.82) is 0 Å². The summed E-state index contributed by atoms with van der Waals surface area (Å²) < 4.78 is 5.08. The summed E-state index contributed by atoms with van der Waals surface area (Å²) >= 11 is 0. The molecule has 1 amide bonds. The molecule has 7 heteroatoms. The standard InChI is InChI=1S/C19H27N3O4/c1-26-14-19(18(24)25)8-11-22(13-19)17(23)15-6-7-16(20-12-15)21-9-4-2-3-5-10-21/h6-7,12H,2-5,8-11,13-14H2,1H3,(H,24,25). The Hall–Kier alpha value is -2.15. The van der Waals surface area contributed by atoms with Gasteiger partial charge in [-0.15, -0.1) is 0 Å². The molecule has 1 aromatic rings. The van der Waals surface area contributed by atoms with Crippen molar-refractivity contribution >= 4 is 17.7 Å². The van der Waals surface area contributed by atoms with E-state index in [4.69, 9.17) is 4.74 Å². The summed E-state index contributed by atoms with van der Waals surface area (Å²) in [5.41, 5.74) is -0.508. The van der Waals surface area contributed by atoms with Crippen LogP contribution < -0.4 is 4.90 Å². The van der Waals surface area contributed by atoms with Gasteiger partial charge in [0.05, 0.1) is 12.2 Å². The van der Waals surface area contributed by atoms with E-state index in [-0.39, 0.29) is 19.1 Å². The highest BCUT2D eigenvalue weighted by Gasteiger charge is 2.46. The fourth-order valence-corrected chi connectivity index (χ4v) is 3.86. The zero-order valence-electron chi connectivity index (χ0n) is 15.3. The number of methoxy groups -OCH3 is 1. The first-order chi connectivity index (χ1) is 12.6. The molecule has 0 saturated carbocycles. The number of pyridine rings is 1. The second-order valence-corrected chi connectivity index (χ2v) is 7.30. The molecule has 0 aromatic carbocycles. The van der Waals surface area contributed by atoms with Gasteiger partial charge in [-0.2, -0.15) is 0 Å². The molecule has 1 N–H and O–H groups in total.